The van der Waals surface area contributed by atoms with Crippen LogP contribution in [0.3, 0.4) is 0 Å². The van der Waals surface area contributed by atoms with Crippen LogP contribution in [0.5, 0.6) is 0 Å². The number of Topliss-reactive ketones (excluding diaryl/α,β-unsaturated/α-hetero) is 1. The van der Waals surface area contributed by atoms with E-state index in [1.54, 1.807) is 11.3 Å². The van der Waals surface area contributed by atoms with E-state index in [9.17, 15) is 9.59 Å². The predicted octanol–water partition coefficient (Wildman–Crippen LogP) is 6.51. The first kappa shape index (κ1) is 30.9. The van der Waals surface area contributed by atoms with Crippen LogP contribution < -0.4 is 5.32 Å². The summed E-state index contributed by atoms with van der Waals surface area (Å²) >= 11 is 1.79. The van der Waals surface area contributed by atoms with Crippen LogP contribution in [0.15, 0.2) is 24.3 Å². The number of nitrogens with one attached hydrogen (secondary N) is 2. The fourth-order valence-corrected chi connectivity index (χ4v) is 9.81. The highest BCUT2D eigenvalue weighted by Gasteiger charge is 2.61. The van der Waals surface area contributed by atoms with E-state index >= 15 is 0 Å². The van der Waals surface area contributed by atoms with Gasteiger partial charge in [0.1, 0.15) is 10.6 Å². The van der Waals surface area contributed by atoms with E-state index < -0.39 is 5.41 Å². The Hall–Kier alpha value is -2.68. The number of H-pyrrole nitrogens is 1. The van der Waals surface area contributed by atoms with E-state index in [1.807, 2.05) is 4.90 Å². The van der Waals surface area contributed by atoms with Crippen LogP contribution >= 0.6 is 11.3 Å². The summed E-state index contributed by atoms with van der Waals surface area (Å²) in [4.78, 5) is 39.9. The third-order valence-corrected chi connectivity index (χ3v) is 13.2. The number of fused-ring (bicyclic) bond motifs is 2. The van der Waals surface area contributed by atoms with Gasteiger partial charge in [-0.1, -0.05) is 17.2 Å². The molecule has 2 saturated heterocycles. The lowest BCUT2D eigenvalue weighted by Crippen LogP contribution is -2.58. The SMILES string of the molecule is Cc1cc(C)cc(-c2[nH]c3sc(C(C)(C)C(=O)C45CCC4CC5)cc3c2CCN2CCC(NC(=O)N3CCN(C)CC3)CC2)c1. The molecular formula is C37H51N5O2S. The Labute approximate surface area is 272 Å². The van der Waals surface area contributed by atoms with E-state index in [0.29, 0.717) is 11.7 Å². The van der Waals surface area contributed by atoms with Crippen LogP contribution in [0, 0.1) is 25.2 Å². The molecule has 0 atom stereocenters. The Morgan fingerprint density at radius 2 is 1.62 bits per heavy atom. The van der Waals surface area contributed by atoms with Crippen molar-refractivity contribution in [1.29, 1.82) is 0 Å². The zero-order valence-corrected chi connectivity index (χ0v) is 28.7. The van der Waals surface area contributed by atoms with Crippen molar-refractivity contribution < 1.29 is 9.59 Å². The van der Waals surface area contributed by atoms with Gasteiger partial charge < -0.3 is 25.0 Å². The van der Waals surface area contributed by atoms with E-state index in [2.05, 4.69) is 79.1 Å². The number of hydrogen-bond acceptors (Lipinski definition) is 5. The van der Waals surface area contributed by atoms with Gasteiger partial charge in [-0.05, 0) is 115 Å². The normalized spacial score (nSPS) is 24.7. The molecule has 0 radical (unpaired) electrons. The van der Waals surface area contributed by atoms with E-state index in [4.69, 9.17) is 0 Å². The summed E-state index contributed by atoms with van der Waals surface area (Å²) in [5, 5.41) is 4.61. The third kappa shape index (κ3) is 5.65. The largest absolute Gasteiger partial charge is 0.346 e. The molecule has 7 rings (SSSR count). The molecule has 7 nitrogen and oxygen atoms in total. The molecule has 1 aromatic carbocycles. The summed E-state index contributed by atoms with van der Waals surface area (Å²) in [5.74, 6) is 1.10. The number of carbonyl (C=O) groups excluding carboxylic acids is 2. The number of hydrogen-bond donors (Lipinski definition) is 2. The molecule has 2 aliphatic carbocycles. The Bertz CT molecular complexity index is 1560. The highest BCUT2D eigenvalue weighted by atomic mass is 32.1. The van der Waals surface area contributed by atoms with Crippen molar-refractivity contribution in [3.05, 3.63) is 45.8 Å². The molecule has 0 unspecified atom stereocenters. The Morgan fingerprint density at radius 1 is 0.956 bits per heavy atom. The molecule has 4 fully saturated rings. The molecule has 0 spiro atoms. The van der Waals surface area contributed by atoms with Crippen molar-refractivity contribution in [2.45, 2.75) is 84.1 Å². The average Bonchev–Trinajstić information content (AvgIpc) is 3.57. The highest BCUT2D eigenvalue weighted by molar-refractivity contribution is 7.19. The van der Waals surface area contributed by atoms with Gasteiger partial charge in [-0.25, -0.2) is 4.79 Å². The first-order chi connectivity index (χ1) is 21.5. The number of piperidine rings is 1. The number of piperazine rings is 1. The maximum absolute atomic E-state index is 14.0. The number of amides is 2. The van der Waals surface area contributed by atoms with Crippen LogP contribution in [0.2, 0.25) is 0 Å². The molecule has 0 bridgehead atoms. The van der Waals surface area contributed by atoms with Crippen molar-refractivity contribution >= 4 is 33.4 Å². The lowest BCUT2D eigenvalue weighted by atomic mass is 9.43. The number of thiophene rings is 1. The summed E-state index contributed by atoms with van der Waals surface area (Å²) < 4.78 is 0. The Kier molecular flexibility index (Phi) is 8.14. The number of likely N-dealkylation sites (N-methyl/N-ethyl adjacent to an activating group) is 1. The van der Waals surface area contributed by atoms with E-state index in [-0.39, 0.29) is 17.5 Å². The van der Waals surface area contributed by atoms with Crippen molar-refractivity contribution in [2.24, 2.45) is 11.3 Å². The van der Waals surface area contributed by atoms with Gasteiger partial charge in [-0.15, -0.1) is 11.3 Å². The van der Waals surface area contributed by atoms with Gasteiger partial charge in [-0.2, -0.15) is 0 Å². The summed E-state index contributed by atoms with van der Waals surface area (Å²) in [5.41, 5.74) is 5.90. The maximum atomic E-state index is 14.0. The number of urea groups is 1. The van der Waals surface area contributed by atoms with Gasteiger partial charge in [0.25, 0.3) is 0 Å². The van der Waals surface area contributed by atoms with Crippen LogP contribution in [0.4, 0.5) is 4.79 Å². The number of aromatic amines is 1. The summed E-state index contributed by atoms with van der Waals surface area (Å²) in [6.07, 6.45) is 7.58. The van der Waals surface area contributed by atoms with E-state index in [0.717, 1.165) is 77.9 Å². The molecule has 2 saturated carbocycles. The van der Waals surface area contributed by atoms with Gasteiger partial charge in [0.05, 0.1) is 11.1 Å². The van der Waals surface area contributed by atoms with E-state index in [1.165, 1.54) is 55.9 Å². The lowest BCUT2D eigenvalue weighted by Gasteiger charge is -2.59. The van der Waals surface area contributed by atoms with Crippen molar-refractivity contribution in [2.75, 3.05) is 52.9 Å². The van der Waals surface area contributed by atoms with Crippen molar-refractivity contribution in [3.63, 3.8) is 0 Å². The van der Waals surface area contributed by atoms with Crippen molar-refractivity contribution in [1.82, 2.24) is 25.0 Å². The molecule has 2 amide bonds. The number of likely N-dealkylation sites (tertiary alicyclic amines) is 1. The topological polar surface area (TPSA) is 71.7 Å². The third-order valence-electron chi connectivity index (χ3n) is 11.8. The zero-order chi connectivity index (χ0) is 31.5. The standard InChI is InChI=1S/C37H51N5O2S/c1-24-20-25(2)22-26(21-24)32-29(10-15-41-13-8-28(9-14-41)38-35(44)42-18-16-40(5)17-19-42)30-23-31(45-33(30)39-32)36(3,4)34(43)37-11-6-27(37)7-12-37/h20-23,27-28,39H,6-19H2,1-5H3,(H,38,44). The summed E-state index contributed by atoms with van der Waals surface area (Å²) in [6.45, 7) is 15.2. The number of rotatable bonds is 8. The lowest BCUT2D eigenvalue weighted by molar-refractivity contribution is -0.159. The molecule has 242 valence electrons. The molecule has 2 N–H and O–H groups in total. The number of nitrogens with zero attached hydrogens (tertiary/aromatic N) is 3. The zero-order valence-electron chi connectivity index (χ0n) is 27.9. The highest BCUT2D eigenvalue weighted by Crippen LogP contribution is 2.64. The van der Waals surface area contributed by atoms with Crippen LogP contribution in [-0.2, 0) is 16.6 Å². The number of benzene rings is 1. The summed E-state index contributed by atoms with van der Waals surface area (Å²) in [7, 11) is 2.12. The minimum absolute atomic E-state index is 0.0373. The quantitative estimate of drug-likeness (QED) is 0.298. The molecular weight excluding hydrogens is 579 g/mol. The predicted molar refractivity (Wildman–Crippen MR) is 184 cm³/mol. The molecule has 3 aromatic rings. The average molecular weight is 630 g/mol. The first-order valence-electron chi connectivity index (χ1n) is 17.3. The van der Waals surface area contributed by atoms with Gasteiger partial charge in [0, 0.05) is 67.5 Å². The maximum Gasteiger partial charge on any atom is 0.317 e. The number of carbonyl (C=O) groups is 2. The van der Waals surface area contributed by atoms with Crippen molar-refractivity contribution in [3.8, 4) is 11.3 Å². The molecule has 45 heavy (non-hydrogen) atoms. The second-order valence-corrected chi connectivity index (χ2v) is 16.3. The van der Waals surface area contributed by atoms with Gasteiger partial charge in [-0.3, -0.25) is 4.79 Å². The molecule has 4 aliphatic rings. The minimum atomic E-state index is -0.461. The molecule has 8 heteroatoms. The van der Waals surface area contributed by atoms with Crippen LogP contribution in [0.1, 0.15) is 73.9 Å². The van der Waals surface area contributed by atoms with Gasteiger partial charge in [0.2, 0.25) is 0 Å². The van der Waals surface area contributed by atoms with Crippen LogP contribution in [-0.4, -0.2) is 90.4 Å². The van der Waals surface area contributed by atoms with Crippen LogP contribution in [0.25, 0.3) is 21.5 Å². The monoisotopic (exact) mass is 629 g/mol. The number of ketones is 1. The Balaban J connectivity index is 1.07. The number of aryl methyl sites for hydroxylation is 2. The number of aromatic nitrogens is 1. The molecule has 2 aliphatic heterocycles. The Morgan fingerprint density at radius 3 is 2.22 bits per heavy atom. The van der Waals surface area contributed by atoms with Gasteiger partial charge >= 0.3 is 6.03 Å². The fraction of sp³-hybridized carbons (Fsp3) is 0.622. The molecule has 4 heterocycles. The van der Waals surface area contributed by atoms with Gasteiger partial charge in [0.15, 0.2) is 0 Å². The first-order valence-corrected chi connectivity index (χ1v) is 18.1. The fourth-order valence-electron chi connectivity index (χ4n) is 8.62. The summed E-state index contributed by atoms with van der Waals surface area (Å²) in [6, 6.07) is 9.53. The smallest absolute Gasteiger partial charge is 0.317 e. The minimum Gasteiger partial charge on any atom is -0.346 e. The second-order valence-electron chi connectivity index (χ2n) is 15.2. The second kappa shape index (κ2) is 11.8. The molecule has 2 aromatic heterocycles.